The lowest BCUT2D eigenvalue weighted by atomic mass is 10.2. The highest BCUT2D eigenvalue weighted by Gasteiger charge is 2.21. The molecule has 1 aromatic heterocycles. The molecule has 4 rings (SSSR count). The van der Waals surface area contributed by atoms with Crippen LogP contribution in [0.4, 0.5) is 5.69 Å². The molecule has 0 aliphatic carbocycles. The summed E-state index contributed by atoms with van der Waals surface area (Å²) in [5.74, 6) is 2.46. The van der Waals surface area contributed by atoms with Crippen LogP contribution in [0.3, 0.4) is 0 Å². The predicted octanol–water partition coefficient (Wildman–Crippen LogP) is 2.81. The smallest absolute Gasteiger partial charge is 0.237 e. The summed E-state index contributed by atoms with van der Waals surface area (Å²) < 4.78 is 13.3. The van der Waals surface area contributed by atoms with Crippen molar-refractivity contribution in [3.8, 4) is 17.6 Å². The topological polar surface area (TPSA) is 93.3 Å². The van der Waals surface area contributed by atoms with Crippen LogP contribution >= 0.6 is 11.8 Å². The molecule has 0 saturated carbocycles. The van der Waals surface area contributed by atoms with E-state index in [2.05, 4.69) is 20.8 Å². The number of aromatic nitrogens is 3. The maximum Gasteiger partial charge on any atom is 0.237 e. The molecule has 0 unspecified atom stereocenters. The van der Waals surface area contributed by atoms with Gasteiger partial charge < -0.3 is 18.9 Å². The standard InChI is InChI=1S/C20H23N5O3S/c21-8-4-10-24(15-6-7-16-17(13-15)28-12-11-27-16)19(26)14-29-20-23-22-18-5-2-1-3-9-25(18)20/h6-7,13H,1-5,9-12,14H2. The van der Waals surface area contributed by atoms with Gasteiger partial charge in [-0.3, -0.25) is 4.79 Å². The molecule has 2 aliphatic heterocycles. The third-order valence-electron chi connectivity index (χ3n) is 4.99. The zero-order valence-corrected chi connectivity index (χ0v) is 17.0. The molecule has 0 radical (unpaired) electrons. The minimum Gasteiger partial charge on any atom is -0.486 e. The molecule has 0 bridgehead atoms. The van der Waals surface area contributed by atoms with Gasteiger partial charge in [0, 0.05) is 31.3 Å². The van der Waals surface area contributed by atoms with Gasteiger partial charge in [0.25, 0.3) is 0 Å². The minimum absolute atomic E-state index is 0.0760. The van der Waals surface area contributed by atoms with Gasteiger partial charge in [0.05, 0.1) is 18.2 Å². The molecule has 1 amide bonds. The van der Waals surface area contributed by atoms with Crippen LogP contribution in [0.25, 0.3) is 0 Å². The number of carbonyl (C=O) groups is 1. The van der Waals surface area contributed by atoms with E-state index >= 15 is 0 Å². The fourth-order valence-electron chi connectivity index (χ4n) is 3.53. The Morgan fingerprint density at radius 3 is 2.93 bits per heavy atom. The average Bonchev–Trinajstić information content (AvgIpc) is 2.98. The van der Waals surface area contributed by atoms with Crippen molar-refractivity contribution in [3.05, 3.63) is 24.0 Å². The zero-order valence-electron chi connectivity index (χ0n) is 16.2. The molecular formula is C20H23N5O3S. The maximum atomic E-state index is 13.0. The number of hydrogen-bond acceptors (Lipinski definition) is 7. The van der Waals surface area contributed by atoms with E-state index < -0.39 is 0 Å². The van der Waals surface area contributed by atoms with Crippen LogP contribution in [0.5, 0.6) is 11.5 Å². The molecule has 8 nitrogen and oxygen atoms in total. The van der Waals surface area contributed by atoms with Gasteiger partial charge in [0.2, 0.25) is 5.91 Å². The first-order valence-electron chi connectivity index (χ1n) is 9.88. The first-order chi connectivity index (χ1) is 14.3. The number of ether oxygens (including phenoxy) is 2. The number of fused-ring (bicyclic) bond motifs is 2. The van der Waals surface area contributed by atoms with Crippen molar-refractivity contribution in [1.29, 1.82) is 5.26 Å². The van der Waals surface area contributed by atoms with E-state index in [1.165, 1.54) is 18.2 Å². The van der Waals surface area contributed by atoms with Gasteiger partial charge in [0.1, 0.15) is 19.0 Å². The third-order valence-corrected chi connectivity index (χ3v) is 5.94. The largest absolute Gasteiger partial charge is 0.486 e. The molecule has 0 N–H and O–H groups in total. The lowest BCUT2D eigenvalue weighted by Crippen LogP contribution is -2.33. The van der Waals surface area contributed by atoms with Crippen molar-refractivity contribution in [2.24, 2.45) is 0 Å². The van der Waals surface area contributed by atoms with E-state index in [-0.39, 0.29) is 18.1 Å². The van der Waals surface area contributed by atoms with Crippen molar-refractivity contribution in [3.63, 3.8) is 0 Å². The van der Waals surface area contributed by atoms with Gasteiger partial charge in [-0.15, -0.1) is 10.2 Å². The minimum atomic E-state index is -0.0760. The Bertz CT molecular complexity index is 923. The van der Waals surface area contributed by atoms with Crippen LogP contribution in [0.1, 0.15) is 31.5 Å². The number of carbonyl (C=O) groups excluding carboxylic acids is 1. The molecule has 0 saturated heterocycles. The number of hydrogen-bond donors (Lipinski definition) is 0. The zero-order chi connectivity index (χ0) is 20.1. The van der Waals surface area contributed by atoms with Crippen molar-refractivity contribution >= 4 is 23.4 Å². The first-order valence-corrected chi connectivity index (χ1v) is 10.9. The second kappa shape index (κ2) is 9.18. The summed E-state index contributed by atoms with van der Waals surface area (Å²) in [6.07, 6.45) is 4.63. The van der Waals surface area contributed by atoms with E-state index in [9.17, 15) is 4.79 Å². The quantitative estimate of drug-likeness (QED) is 0.672. The van der Waals surface area contributed by atoms with Crippen molar-refractivity contribution in [2.45, 2.75) is 43.8 Å². The molecule has 29 heavy (non-hydrogen) atoms. The van der Waals surface area contributed by atoms with Crippen LogP contribution < -0.4 is 14.4 Å². The van der Waals surface area contributed by atoms with Crippen molar-refractivity contribution < 1.29 is 14.3 Å². The van der Waals surface area contributed by atoms with Gasteiger partial charge >= 0.3 is 0 Å². The highest BCUT2D eigenvalue weighted by molar-refractivity contribution is 7.99. The van der Waals surface area contributed by atoms with E-state index in [0.717, 1.165) is 36.8 Å². The Morgan fingerprint density at radius 2 is 2.07 bits per heavy atom. The van der Waals surface area contributed by atoms with E-state index in [1.807, 2.05) is 12.1 Å². The molecule has 9 heteroatoms. The molecule has 2 aromatic rings. The Morgan fingerprint density at radius 1 is 1.21 bits per heavy atom. The SMILES string of the molecule is N#CCCN(C(=O)CSc1nnc2n1CCCCC2)c1ccc2c(c1)OCCO2. The van der Waals surface area contributed by atoms with Crippen LogP contribution in [0.15, 0.2) is 23.4 Å². The highest BCUT2D eigenvalue weighted by atomic mass is 32.2. The molecular weight excluding hydrogens is 390 g/mol. The monoisotopic (exact) mass is 413 g/mol. The molecule has 0 atom stereocenters. The first kappa shape index (κ1) is 19.6. The number of nitrogens with zero attached hydrogens (tertiary/aromatic N) is 5. The fourth-order valence-corrected chi connectivity index (χ4v) is 4.39. The number of rotatable bonds is 6. The summed E-state index contributed by atoms with van der Waals surface area (Å²) in [4.78, 5) is 14.6. The number of benzene rings is 1. The predicted molar refractivity (Wildman–Crippen MR) is 108 cm³/mol. The summed E-state index contributed by atoms with van der Waals surface area (Å²) >= 11 is 1.40. The van der Waals surface area contributed by atoms with E-state index in [4.69, 9.17) is 14.7 Å². The number of nitriles is 1. The van der Waals surface area contributed by atoms with Gasteiger partial charge in [-0.1, -0.05) is 18.2 Å². The molecule has 3 heterocycles. The summed E-state index contributed by atoms with van der Waals surface area (Å²) in [5, 5.41) is 18.4. The number of thioether (sulfide) groups is 1. The van der Waals surface area contributed by atoms with Crippen LogP contribution in [0, 0.1) is 11.3 Å². The summed E-state index contributed by atoms with van der Waals surface area (Å²) in [7, 11) is 0. The van der Waals surface area contributed by atoms with Gasteiger partial charge in [-0.2, -0.15) is 5.26 Å². The fraction of sp³-hybridized carbons (Fsp3) is 0.500. The van der Waals surface area contributed by atoms with Crippen LogP contribution in [0.2, 0.25) is 0 Å². The number of anilines is 1. The van der Waals surface area contributed by atoms with Crippen molar-refractivity contribution in [2.75, 3.05) is 30.4 Å². The van der Waals surface area contributed by atoms with Gasteiger partial charge in [-0.25, -0.2) is 0 Å². The average molecular weight is 414 g/mol. The second-order valence-corrected chi connectivity index (χ2v) is 7.87. The Labute approximate surface area is 173 Å². The van der Waals surface area contributed by atoms with E-state index in [1.54, 1.807) is 11.0 Å². The van der Waals surface area contributed by atoms with Crippen molar-refractivity contribution in [1.82, 2.24) is 14.8 Å². The lowest BCUT2D eigenvalue weighted by Gasteiger charge is -2.24. The molecule has 152 valence electrons. The Kier molecular flexibility index (Phi) is 6.20. The second-order valence-electron chi connectivity index (χ2n) is 6.93. The molecule has 0 fully saturated rings. The van der Waals surface area contributed by atoms with Crippen LogP contribution in [-0.4, -0.2) is 46.2 Å². The summed E-state index contributed by atoms with van der Waals surface area (Å²) in [6.45, 7) is 2.23. The van der Waals surface area contributed by atoms with Gasteiger partial charge in [0.15, 0.2) is 16.7 Å². The Balaban J connectivity index is 1.48. The number of aryl methyl sites for hydroxylation is 1. The number of amides is 1. The van der Waals surface area contributed by atoms with E-state index in [0.29, 0.717) is 36.9 Å². The van der Waals surface area contributed by atoms with Gasteiger partial charge in [-0.05, 0) is 25.0 Å². The maximum absolute atomic E-state index is 13.0. The van der Waals surface area contributed by atoms with Crippen LogP contribution in [-0.2, 0) is 17.8 Å². The molecule has 1 aromatic carbocycles. The molecule has 2 aliphatic rings. The third kappa shape index (κ3) is 4.48. The normalized spacial score (nSPS) is 15.1. The highest BCUT2D eigenvalue weighted by Crippen LogP contribution is 2.34. The Hall–Kier alpha value is -2.73. The summed E-state index contributed by atoms with van der Waals surface area (Å²) in [6, 6.07) is 7.56. The molecule has 0 spiro atoms. The lowest BCUT2D eigenvalue weighted by molar-refractivity contribution is -0.116. The summed E-state index contributed by atoms with van der Waals surface area (Å²) in [5.41, 5.74) is 0.704.